The first-order valence-electron chi connectivity index (χ1n) is 5.85. The van der Waals surface area contributed by atoms with Crippen molar-refractivity contribution in [3.63, 3.8) is 0 Å². The molecular weight excluding hydrogens is 212 g/mol. The highest BCUT2D eigenvalue weighted by atomic mass is 16.3. The molecule has 2 heterocycles. The van der Waals surface area contributed by atoms with Gasteiger partial charge in [0.1, 0.15) is 7.05 Å². The first-order valence-corrected chi connectivity index (χ1v) is 5.85. The second-order valence-corrected chi connectivity index (χ2v) is 4.18. The van der Waals surface area contributed by atoms with E-state index in [4.69, 9.17) is 0 Å². The summed E-state index contributed by atoms with van der Waals surface area (Å²) in [5, 5.41) is 9.69. The van der Waals surface area contributed by atoms with Crippen LogP contribution in [0.25, 0.3) is 11.1 Å². The van der Waals surface area contributed by atoms with Crippen LogP contribution in [-0.2, 0) is 7.05 Å². The molecule has 2 aromatic heterocycles. The van der Waals surface area contributed by atoms with Crippen LogP contribution in [0.5, 0.6) is 0 Å². The van der Waals surface area contributed by atoms with Crippen LogP contribution < -0.4 is 9.13 Å². The average molecular weight is 230 g/mol. The molecule has 1 unspecified atom stereocenters. The Hall–Kier alpha value is -1.74. The Kier molecular flexibility index (Phi) is 3.49. The molecule has 0 aliphatic rings. The summed E-state index contributed by atoms with van der Waals surface area (Å²) in [7, 11) is 2.00. The van der Waals surface area contributed by atoms with Crippen LogP contribution in [0.3, 0.4) is 0 Å². The lowest BCUT2D eigenvalue weighted by molar-refractivity contribution is -0.759. The Balaban J connectivity index is 2.26. The van der Waals surface area contributed by atoms with E-state index < -0.39 is 6.23 Å². The Morgan fingerprint density at radius 3 is 1.94 bits per heavy atom. The van der Waals surface area contributed by atoms with Crippen molar-refractivity contribution >= 4 is 0 Å². The molecule has 0 bridgehead atoms. The van der Waals surface area contributed by atoms with Crippen molar-refractivity contribution < 1.29 is 14.2 Å². The first-order chi connectivity index (χ1) is 8.20. The summed E-state index contributed by atoms with van der Waals surface area (Å²) in [5.74, 6) is 0. The molecule has 3 nitrogen and oxygen atoms in total. The second-order valence-electron chi connectivity index (χ2n) is 4.18. The Labute approximate surface area is 102 Å². The van der Waals surface area contributed by atoms with E-state index in [2.05, 4.69) is 12.1 Å². The van der Waals surface area contributed by atoms with Crippen LogP contribution in [0.4, 0.5) is 0 Å². The number of aromatic nitrogens is 2. The maximum atomic E-state index is 9.69. The quantitative estimate of drug-likeness (QED) is 0.792. The Morgan fingerprint density at radius 2 is 1.47 bits per heavy atom. The van der Waals surface area contributed by atoms with Crippen molar-refractivity contribution in [3.8, 4) is 11.1 Å². The van der Waals surface area contributed by atoms with Crippen molar-refractivity contribution in [1.29, 1.82) is 0 Å². The molecule has 0 aliphatic heterocycles. The Bertz CT molecular complexity index is 477. The van der Waals surface area contributed by atoms with Crippen LogP contribution in [0.1, 0.15) is 19.6 Å². The predicted octanol–water partition coefficient (Wildman–Crippen LogP) is 1.37. The van der Waals surface area contributed by atoms with Crippen LogP contribution in [0.15, 0.2) is 49.1 Å². The predicted molar refractivity (Wildman–Crippen MR) is 64.8 cm³/mol. The highest BCUT2D eigenvalue weighted by Crippen LogP contribution is 2.15. The van der Waals surface area contributed by atoms with Gasteiger partial charge in [-0.2, -0.15) is 4.57 Å². The minimum Gasteiger partial charge on any atom is -0.337 e. The van der Waals surface area contributed by atoms with Gasteiger partial charge in [-0.05, 0) is 11.1 Å². The summed E-state index contributed by atoms with van der Waals surface area (Å²) in [6.45, 7) is 1.96. The standard InChI is InChI=1S/C14H18N2O/c1-3-14(17)16-10-6-13(7-11-16)12-4-8-15(2)9-5-12/h4-11,14,17H,3H2,1-2H3/q+2. The lowest BCUT2D eigenvalue weighted by Crippen LogP contribution is -2.38. The van der Waals surface area contributed by atoms with Gasteiger partial charge in [-0.25, -0.2) is 4.57 Å². The number of nitrogens with zero attached hydrogens (tertiary/aromatic N) is 2. The zero-order valence-electron chi connectivity index (χ0n) is 10.2. The van der Waals surface area contributed by atoms with E-state index in [0.29, 0.717) is 6.42 Å². The number of aliphatic hydroxyl groups is 1. The maximum absolute atomic E-state index is 9.69. The van der Waals surface area contributed by atoms with E-state index in [1.165, 1.54) is 5.56 Å². The molecule has 0 spiro atoms. The smallest absolute Gasteiger partial charge is 0.259 e. The Morgan fingerprint density at radius 1 is 1.00 bits per heavy atom. The molecule has 0 aromatic carbocycles. The first kappa shape index (κ1) is 11.7. The fourth-order valence-corrected chi connectivity index (χ4v) is 1.73. The molecule has 0 radical (unpaired) electrons. The molecule has 88 valence electrons. The van der Waals surface area contributed by atoms with Crippen LogP contribution in [-0.4, -0.2) is 5.11 Å². The molecule has 0 saturated carbocycles. The zero-order chi connectivity index (χ0) is 12.3. The number of rotatable bonds is 3. The molecule has 3 heteroatoms. The maximum Gasteiger partial charge on any atom is 0.259 e. The summed E-state index contributed by atoms with van der Waals surface area (Å²) in [6.07, 6.45) is 8.16. The third-order valence-electron chi connectivity index (χ3n) is 2.87. The summed E-state index contributed by atoms with van der Waals surface area (Å²) < 4.78 is 3.82. The van der Waals surface area contributed by atoms with Crippen LogP contribution in [0, 0.1) is 0 Å². The molecule has 2 aromatic rings. The molecule has 2 rings (SSSR count). The summed E-state index contributed by atoms with van der Waals surface area (Å²) in [5.41, 5.74) is 2.34. The van der Waals surface area contributed by atoms with Gasteiger partial charge in [0.05, 0.1) is 0 Å². The molecule has 0 amide bonds. The summed E-state index contributed by atoms with van der Waals surface area (Å²) in [6, 6.07) is 8.20. The summed E-state index contributed by atoms with van der Waals surface area (Å²) >= 11 is 0. The van der Waals surface area contributed by atoms with Gasteiger partial charge in [-0.15, -0.1) is 0 Å². The van der Waals surface area contributed by atoms with E-state index in [1.54, 1.807) is 0 Å². The second kappa shape index (κ2) is 5.06. The third kappa shape index (κ3) is 2.68. The molecule has 17 heavy (non-hydrogen) atoms. The fraction of sp³-hybridized carbons (Fsp3) is 0.286. The largest absolute Gasteiger partial charge is 0.337 e. The zero-order valence-corrected chi connectivity index (χ0v) is 10.2. The molecule has 0 saturated heterocycles. The van der Waals surface area contributed by atoms with E-state index in [9.17, 15) is 5.11 Å². The van der Waals surface area contributed by atoms with Crippen molar-refractivity contribution in [2.24, 2.45) is 7.05 Å². The number of hydrogen-bond acceptors (Lipinski definition) is 1. The number of aryl methyl sites for hydroxylation is 1. The number of aliphatic hydroxyl groups excluding tert-OH is 1. The van der Waals surface area contributed by atoms with E-state index in [1.807, 2.05) is 60.0 Å². The van der Waals surface area contributed by atoms with E-state index >= 15 is 0 Å². The highest BCUT2D eigenvalue weighted by Gasteiger charge is 2.11. The molecule has 1 N–H and O–H groups in total. The lowest BCUT2D eigenvalue weighted by Gasteiger charge is -2.03. The van der Waals surface area contributed by atoms with Crippen molar-refractivity contribution in [2.45, 2.75) is 19.6 Å². The van der Waals surface area contributed by atoms with Gasteiger partial charge in [-0.3, -0.25) is 0 Å². The minimum absolute atomic E-state index is 0.433. The van der Waals surface area contributed by atoms with E-state index in [-0.39, 0.29) is 0 Å². The van der Waals surface area contributed by atoms with Crippen LogP contribution >= 0.6 is 0 Å². The fourth-order valence-electron chi connectivity index (χ4n) is 1.73. The minimum atomic E-state index is -0.433. The van der Waals surface area contributed by atoms with Gasteiger partial charge in [0.15, 0.2) is 24.8 Å². The van der Waals surface area contributed by atoms with Crippen LogP contribution in [0.2, 0.25) is 0 Å². The van der Waals surface area contributed by atoms with Crippen molar-refractivity contribution in [3.05, 3.63) is 49.1 Å². The van der Waals surface area contributed by atoms with Gasteiger partial charge >= 0.3 is 0 Å². The average Bonchev–Trinajstić information content (AvgIpc) is 2.39. The molecule has 0 aliphatic carbocycles. The summed E-state index contributed by atoms with van der Waals surface area (Å²) in [4.78, 5) is 0. The third-order valence-corrected chi connectivity index (χ3v) is 2.87. The topological polar surface area (TPSA) is 28.0 Å². The normalized spacial score (nSPS) is 12.4. The van der Waals surface area contributed by atoms with Gasteiger partial charge in [0, 0.05) is 30.7 Å². The van der Waals surface area contributed by atoms with Crippen molar-refractivity contribution in [2.75, 3.05) is 0 Å². The number of pyridine rings is 2. The molecule has 0 fully saturated rings. The van der Waals surface area contributed by atoms with E-state index in [0.717, 1.165) is 5.56 Å². The SMILES string of the molecule is CCC(O)[n+]1ccc(-c2cc[n+](C)cc2)cc1. The van der Waals surface area contributed by atoms with Gasteiger partial charge in [0.2, 0.25) is 0 Å². The molecular formula is C14H18N2O+2. The molecule has 1 atom stereocenters. The van der Waals surface area contributed by atoms with Gasteiger partial charge in [0.25, 0.3) is 6.23 Å². The monoisotopic (exact) mass is 230 g/mol. The van der Waals surface area contributed by atoms with Crippen molar-refractivity contribution in [1.82, 2.24) is 0 Å². The van der Waals surface area contributed by atoms with Gasteiger partial charge in [-0.1, -0.05) is 6.92 Å². The van der Waals surface area contributed by atoms with Gasteiger partial charge < -0.3 is 5.11 Å². The highest BCUT2D eigenvalue weighted by molar-refractivity contribution is 5.60. The number of hydrogen-bond donors (Lipinski definition) is 1. The lowest BCUT2D eigenvalue weighted by atomic mass is 10.1.